The van der Waals surface area contributed by atoms with Gasteiger partial charge in [-0.3, -0.25) is 0 Å². The minimum Gasteiger partial charge on any atom is -0.365 e. The van der Waals surface area contributed by atoms with E-state index in [9.17, 15) is 0 Å². The lowest BCUT2D eigenvalue weighted by Crippen LogP contribution is -1.80. The zero-order chi connectivity index (χ0) is 8.39. The Labute approximate surface area is 72.7 Å². The topological polar surface area (TPSA) is 12.5 Å². The third kappa shape index (κ3) is 1.74. The minimum absolute atomic E-state index is 0.352. The monoisotopic (exact) mass is 160 g/mol. The van der Waals surface area contributed by atoms with E-state index in [1.807, 2.05) is 18.2 Å². The molecule has 1 heterocycles. The smallest absolute Gasteiger partial charge is 0.102 e. The van der Waals surface area contributed by atoms with Crippen LogP contribution in [0, 0.1) is 0 Å². The van der Waals surface area contributed by atoms with Gasteiger partial charge in [-0.25, -0.2) is 0 Å². The Hall–Kier alpha value is -1.08. The first kappa shape index (κ1) is 7.56. The SMILES string of the molecule is C[C@@H]1O[C@@H]1/C=C/c1ccccc1. The van der Waals surface area contributed by atoms with E-state index < -0.39 is 0 Å². The van der Waals surface area contributed by atoms with Gasteiger partial charge < -0.3 is 4.74 Å². The van der Waals surface area contributed by atoms with Gasteiger partial charge in [-0.15, -0.1) is 0 Å². The van der Waals surface area contributed by atoms with Crippen LogP contribution in [-0.2, 0) is 4.74 Å². The highest BCUT2D eigenvalue weighted by Gasteiger charge is 2.30. The highest BCUT2D eigenvalue weighted by atomic mass is 16.6. The second-order valence-corrected chi connectivity index (χ2v) is 3.08. The van der Waals surface area contributed by atoms with Gasteiger partial charge in [-0.1, -0.05) is 42.5 Å². The highest BCUT2D eigenvalue weighted by Crippen LogP contribution is 2.22. The zero-order valence-electron chi connectivity index (χ0n) is 7.10. The fourth-order valence-electron chi connectivity index (χ4n) is 1.17. The van der Waals surface area contributed by atoms with Crippen molar-refractivity contribution in [1.29, 1.82) is 0 Å². The Morgan fingerprint density at radius 1 is 1.25 bits per heavy atom. The van der Waals surface area contributed by atoms with Crippen molar-refractivity contribution in [3.05, 3.63) is 42.0 Å². The van der Waals surface area contributed by atoms with Crippen molar-refractivity contribution >= 4 is 6.08 Å². The Balaban J connectivity index is 1.99. The molecule has 2 rings (SSSR count). The van der Waals surface area contributed by atoms with Crippen molar-refractivity contribution in [2.75, 3.05) is 0 Å². The van der Waals surface area contributed by atoms with Crippen molar-refractivity contribution in [2.24, 2.45) is 0 Å². The normalized spacial score (nSPS) is 27.8. The maximum absolute atomic E-state index is 5.25. The van der Waals surface area contributed by atoms with Crippen molar-refractivity contribution in [3.8, 4) is 0 Å². The van der Waals surface area contributed by atoms with Crippen LogP contribution in [0.1, 0.15) is 12.5 Å². The minimum atomic E-state index is 0.352. The van der Waals surface area contributed by atoms with Gasteiger partial charge in [0.2, 0.25) is 0 Å². The van der Waals surface area contributed by atoms with Gasteiger partial charge in [-0.2, -0.15) is 0 Å². The van der Waals surface area contributed by atoms with Gasteiger partial charge in [-0.05, 0) is 12.5 Å². The van der Waals surface area contributed by atoms with Crippen LogP contribution in [0.25, 0.3) is 6.08 Å². The lowest BCUT2D eigenvalue weighted by atomic mass is 10.2. The van der Waals surface area contributed by atoms with E-state index in [-0.39, 0.29) is 0 Å². The highest BCUT2D eigenvalue weighted by molar-refractivity contribution is 5.49. The number of rotatable bonds is 2. The molecule has 1 nitrogen and oxygen atoms in total. The van der Waals surface area contributed by atoms with Crippen LogP contribution >= 0.6 is 0 Å². The van der Waals surface area contributed by atoms with E-state index in [1.165, 1.54) is 5.56 Å². The van der Waals surface area contributed by atoms with Gasteiger partial charge >= 0.3 is 0 Å². The zero-order valence-corrected chi connectivity index (χ0v) is 7.10. The first-order valence-electron chi connectivity index (χ1n) is 4.25. The average Bonchev–Trinajstić information content (AvgIpc) is 2.81. The van der Waals surface area contributed by atoms with E-state index in [1.54, 1.807) is 0 Å². The van der Waals surface area contributed by atoms with E-state index in [2.05, 4.69) is 31.2 Å². The Morgan fingerprint density at radius 3 is 2.50 bits per heavy atom. The summed E-state index contributed by atoms with van der Waals surface area (Å²) in [4.78, 5) is 0. The molecule has 1 aliphatic heterocycles. The molecule has 1 saturated heterocycles. The molecule has 0 amide bonds. The maximum atomic E-state index is 5.25. The fourth-order valence-corrected chi connectivity index (χ4v) is 1.17. The van der Waals surface area contributed by atoms with Gasteiger partial charge in [0, 0.05) is 0 Å². The summed E-state index contributed by atoms with van der Waals surface area (Å²) in [6.45, 7) is 2.08. The Morgan fingerprint density at radius 2 is 1.92 bits per heavy atom. The second-order valence-electron chi connectivity index (χ2n) is 3.08. The molecule has 1 aliphatic rings. The van der Waals surface area contributed by atoms with Crippen LogP contribution in [0.3, 0.4) is 0 Å². The molecular weight excluding hydrogens is 148 g/mol. The molecule has 2 atom stereocenters. The molecule has 0 aliphatic carbocycles. The summed E-state index contributed by atoms with van der Waals surface area (Å²) in [7, 11) is 0. The summed E-state index contributed by atoms with van der Waals surface area (Å²) >= 11 is 0. The maximum Gasteiger partial charge on any atom is 0.102 e. The van der Waals surface area contributed by atoms with Crippen LogP contribution < -0.4 is 0 Å². The molecule has 0 saturated carbocycles. The first-order chi connectivity index (χ1) is 5.86. The van der Waals surface area contributed by atoms with Gasteiger partial charge in [0.15, 0.2) is 0 Å². The second kappa shape index (κ2) is 3.11. The fraction of sp³-hybridized carbons (Fsp3) is 0.273. The van der Waals surface area contributed by atoms with Gasteiger partial charge in [0.05, 0.1) is 6.10 Å². The summed E-state index contributed by atoms with van der Waals surface area (Å²) in [6.07, 6.45) is 4.99. The third-order valence-electron chi connectivity index (χ3n) is 2.04. The van der Waals surface area contributed by atoms with E-state index in [0.29, 0.717) is 12.2 Å². The molecule has 1 aromatic rings. The number of epoxide rings is 1. The molecule has 0 spiro atoms. The molecule has 1 aromatic carbocycles. The van der Waals surface area contributed by atoms with Crippen LogP contribution in [0.15, 0.2) is 36.4 Å². The predicted octanol–water partition coefficient (Wildman–Crippen LogP) is 2.49. The molecule has 1 heteroatoms. The first-order valence-corrected chi connectivity index (χ1v) is 4.25. The lowest BCUT2D eigenvalue weighted by Gasteiger charge is -1.88. The van der Waals surface area contributed by atoms with Crippen LogP contribution in [0.4, 0.5) is 0 Å². The number of ether oxygens (including phenoxy) is 1. The molecular formula is C11H12O. The largest absolute Gasteiger partial charge is 0.365 e. The van der Waals surface area contributed by atoms with E-state index in [4.69, 9.17) is 4.74 Å². The predicted molar refractivity (Wildman–Crippen MR) is 49.8 cm³/mol. The average molecular weight is 160 g/mol. The van der Waals surface area contributed by atoms with Crippen LogP contribution in [0.5, 0.6) is 0 Å². The Kier molecular flexibility index (Phi) is 1.96. The quantitative estimate of drug-likeness (QED) is 0.605. The molecule has 0 aromatic heterocycles. The summed E-state index contributed by atoms with van der Waals surface area (Å²) in [5, 5.41) is 0. The van der Waals surface area contributed by atoms with Gasteiger partial charge in [0.1, 0.15) is 6.10 Å². The van der Waals surface area contributed by atoms with Crippen LogP contribution in [-0.4, -0.2) is 12.2 Å². The number of benzene rings is 1. The van der Waals surface area contributed by atoms with Crippen molar-refractivity contribution < 1.29 is 4.74 Å². The van der Waals surface area contributed by atoms with E-state index in [0.717, 1.165) is 0 Å². The number of hydrogen-bond acceptors (Lipinski definition) is 1. The summed E-state index contributed by atoms with van der Waals surface area (Å²) < 4.78 is 5.25. The molecule has 0 radical (unpaired) electrons. The Bertz CT molecular complexity index is 276. The van der Waals surface area contributed by atoms with Crippen molar-refractivity contribution in [1.82, 2.24) is 0 Å². The molecule has 62 valence electrons. The molecule has 0 N–H and O–H groups in total. The lowest BCUT2D eigenvalue weighted by molar-refractivity contribution is 0.400. The van der Waals surface area contributed by atoms with Crippen molar-refractivity contribution in [3.63, 3.8) is 0 Å². The molecule has 1 fully saturated rings. The van der Waals surface area contributed by atoms with E-state index >= 15 is 0 Å². The molecule has 12 heavy (non-hydrogen) atoms. The summed E-state index contributed by atoms with van der Waals surface area (Å²) in [6, 6.07) is 10.3. The summed E-state index contributed by atoms with van der Waals surface area (Å²) in [5.41, 5.74) is 1.24. The van der Waals surface area contributed by atoms with Gasteiger partial charge in [0.25, 0.3) is 0 Å². The summed E-state index contributed by atoms with van der Waals surface area (Å²) in [5.74, 6) is 0. The third-order valence-corrected chi connectivity index (χ3v) is 2.04. The molecule has 0 unspecified atom stereocenters. The van der Waals surface area contributed by atoms with Crippen LogP contribution in [0.2, 0.25) is 0 Å². The van der Waals surface area contributed by atoms with Crippen molar-refractivity contribution in [2.45, 2.75) is 19.1 Å². The number of hydrogen-bond donors (Lipinski definition) is 0. The standard InChI is InChI=1S/C11H12O/c1-9-11(12-9)8-7-10-5-3-2-4-6-10/h2-9,11H,1H3/b8-7+/t9-,11+/m0/s1. The molecule has 0 bridgehead atoms.